The molecule has 2 fully saturated rings. The molecule has 0 aromatic carbocycles. The Labute approximate surface area is 103 Å². The zero-order valence-electron chi connectivity index (χ0n) is 10.5. The summed E-state index contributed by atoms with van der Waals surface area (Å²) in [5, 5.41) is 11.8. The number of carbonyl (C=O) groups excluding carboxylic acids is 1. The third-order valence-electron chi connectivity index (χ3n) is 3.97. The summed E-state index contributed by atoms with van der Waals surface area (Å²) in [5.74, 6) is 1.05. The summed E-state index contributed by atoms with van der Waals surface area (Å²) in [6.07, 6.45) is 4.39. The summed E-state index contributed by atoms with van der Waals surface area (Å²) in [6.45, 7) is 4.41. The van der Waals surface area contributed by atoms with E-state index in [4.69, 9.17) is 5.26 Å². The molecule has 17 heavy (non-hydrogen) atoms. The number of hydrogen-bond acceptors (Lipinski definition) is 3. The van der Waals surface area contributed by atoms with E-state index < -0.39 is 0 Å². The lowest BCUT2D eigenvalue weighted by molar-refractivity contribution is -0.126. The van der Waals surface area contributed by atoms with Gasteiger partial charge in [-0.25, -0.2) is 0 Å². The predicted octanol–water partition coefficient (Wildman–Crippen LogP) is 1.14. The Hall–Kier alpha value is -1.08. The number of piperidine rings is 1. The largest absolute Gasteiger partial charge is 0.353 e. The maximum atomic E-state index is 11.9. The first-order valence-corrected chi connectivity index (χ1v) is 6.60. The van der Waals surface area contributed by atoms with Crippen molar-refractivity contribution in [2.45, 2.75) is 38.6 Å². The minimum atomic E-state index is 0.187. The van der Waals surface area contributed by atoms with Crippen molar-refractivity contribution in [2.24, 2.45) is 11.8 Å². The molecule has 0 spiro atoms. The Balaban J connectivity index is 1.70. The lowest BCUT2D eigenvalue weighted by Gasteiger charge is -2.31. The van der Waals surface area contributed by atoms with Crippen LogP contribution in [-0.4, -0.2) is 36.5 Å². The molecule has 2 rings (SSSR count). The summed E-state index contributed by atoms with van der Waals surface area (Å²) in [6, 6.07) is 2.49. The number of carbonyl (C=O) groups is 1. The van der Waals surface area contributed by atoms with E-state index in [-0.39, 0.29) is 11.8 Å². The second-order valence-electron chi connectivity index (χ2n) is 5.34. The lowest BCUT2D eigenvalue weighted by Crippen LogP contribution is -2.46. The summed E-state index contributed by atoms with van der Waals surface area (Å²) < 4.78 is 0. The Morgan fingerprint density at radius 3 is 2.59 bits per heavy atom. The molecule has 4 heteroatoms. The van der Waals surface area contributed by atoms with Crippen molar-refractivity contribution in [2.75, 3.05) is 19.6 Å². The van der Waals surface area contributed by atoms with Crippen molar-refractivity contribution in [1.29, 1.82) is 5.26 Å². The summed E-state index contributed by atoms with van der Waals surface area (Å²) >= 11 is 0. The Morgan fingerprint density at radius 2 is 2.06 bits per heavy atom. The first kappa shape index (κ1) is 12.4. The van der Waals surface area contributed by atoms with Gasteiger partial charge in [0.15, 0.2) is 0 Å². The molecule has 1 saturated carbocycles. The Bertz CT molecular complexity index is 311. The first-order valence-electron chi connectivity index (χ1n) is 6.60. The van der Waals surface area contributed by atoms with Gasteiger partial charge in [0.2, 0.25) is 5.91 Å². The average molecular weight is 235 g/mol. The lowest BCUT2D eigenvalue weighted by atomic mass is 10.0. The van der Waals surface area contributed by atoms with Crippen molar-refractivity contribution in [3.05, 3.63) is 0 Å². The van der Waals surface area contributed by atoms with Gasteiger partial charge in [-0.3, -0.25) is 9.69 Å². The molecule has 1 amide bonds. The van der Waals surface area contributed by atoms with Gasteiger partial charge >= 0.3 is 0 Å². The van der Waals surface area contributed by atoms with Crippen LogP contribution in [0.5, 0.6) is 0 Å². The fourth-order valence-electron chi connectivity index (χ4n) is 2.48. The molecule has 4 nitrogen and oxygen atoms in total. The zero-order valence-corrected chi connectivity index (χ0v) is 10.5. The number of nitrogens with zero attached hydrogens (tertiary/aromatic N) is 2. The van der Waals surface area contributed by atoms with Crippen LogP contribution in [0.15, 0.2) is 0 Å². The molecule has 1 saturated heterocycles. The fourth-order valence-corrected chi connectivity index (χ4v) is 2.48. The monoisotopic (exact) mass is 235 g/mol. The van der Waals surface area contributed by atoms with Crippen molar-refractivity contribution < 1.29 is 4.79 Å². The van der Waals surface area contributed by atoms with Crippen molar-refractivity contribution in [3.8, 4) is 6.07 Å². The molecular formula is C13H21N3O. The Morgan fingerprint density at radius 1 is 1.41 bits per heavy atom. The highest BCUT2D eigenvalue weighted by atomic mass is 16.1. The third kappa shape index (κ3) is 3.44. The summed E-state index contributed by atoms with van der Waals surface area (Å²) in [7, 11) is 0. The second kappa shape index (κ2) is 5.50. The molecule has 2 aliphatic rings. The van der Waals surface area contributed by atoms with Crippen LogP contribution < -0.4 is 5.32 Å². The van der Waals surface area contributed by atoms with Crippen LogP contribution >= 0.6 is 0 Å². The van der Waals surface area contributed by atoms with Crippen LogP contribution in [0, 0.1) is 23.2 Å². The van der Waals surface area contributed by atoms with Gasteiger partial charge in [0.1, 0.15) is 0 Å². The van der Waals surface area contributed by atoms with E-state index in [0.29, 0.717) is 18.5 Å². The van der Waals surface area contributed by atoms with Gasteiger partial charge in [-0.1, -0.05) is 6.92 Å². The van der Waals surface area contributed by atoms with E-state index in [9.17, 15) is 4.79 Å². The van der Waals surface area contributed by atoms with Crippen LogP contribution in [0.3, 0.4) is 0 Å². The van der Waals surface area contributed by atoms with Gasteiger partial charge in [-0.2, -0.15) is 5.26 Å². The molecule has 1 heterocycles. The van der Waals surface area contributed by atoms with E-state index in [1.165, 1.54) is 12.8 Å². The minimum Gasteiger partial charge on any atom is -0.353 e. The topological polar surface area (TPSA) is 56.1 Å². The van der Waals surface area contributed by atoms with Gasteiger partial charge < -0.3 is 5.32 Å². The third-order valence-corrected chi connectivity index (χ3v) is 3.97. The highest BCUT2D eigenvalue weighted by molar-refractivity contribution is 5.79. The number of hydrogen-bond donors (Lipinski definition) is 1. The number of rotatable bonds is 4. The standard InChI is InChI=1S/C13H21N3O/c1-10(11-2-3-11)13(17)15-12-4-7-16(8-5-12)9-6-14/h10-12H,2-5,7-9H2,1H3,(H,15,17). The van der Waals surface area contributed by atoms with E-state index in [1.54, 1.807) is 0 Å². The molecular weight excluding hydrogens is 214 g/mol. The van der Waals surface area contributed by atoms with Gasteiger partial charge in [-0.15, -0.1) is 0 Å². The minimum absolute atomic E-state index is 0.187. The van der Waals surface area contributed by atoms with Crippen LogP contribution in [0.4, 0.5) is 0 Å². The van der Waals surface area contributed by atoms with E-state index in [1.807, 2.05) is 6.92 Å². The Kier molecular flexibility index (Phi) is 4.01. The molecule has 0 bridgehead atoms. The number of nitrogens with one attached hydrogen (secondary N) is 1. The molecule has 0 aromatic heterocycles. The average Bonchev–Trinajstić information content (AvgIpc) is 3.15. The molecule has 0 radical (unpaired) electrons. The molecule has 0 aromatic rings. The van der Waals surface area contributed by atoms with E-state index in [2.05, 4.69) is 16.3 Å². The molecule has 1 aliphatic heterocycles. The van der Waals surface area contributed by atoms with Crippen molar-refractivity contribution >= 4 is 5.91 Å². The molecule has 94 valence electrons. The van der Waals surface area contributed by atoms with Gasteiger partial charge in [-0.05, 0) is 31.6 Å². The predicted molar refractivity (Wildman–Crippen MR) is 65.1 cm³/mol. The molecule has 1 N–H and O–H groups in total. The van der Waals surface area contributed by atoms with Crippen LogP contribution in [0.1, 0.15) is 32.6 Å². The van der Waals surface area contributed by atoms with Crippen molar-refractivity contribution in [3.63, 3.8) is 0 Å². The molecule has 1 aliphatic carbocycles. The van der Waals surface area contributed by atoms with E-state index in [0.717, 1.165) is 25.9 Å². The SMILES string of the molecule is CC(C(=O)NC1CCN(CC#N)CC1)C1CC1. The quantitative estimate of drug-likeness (QED) is 0.743. The fraction of sp³-hybridized carbons (Fsp3) is 0.846. The van der Waals surface area contributed by atoms with E-state index >= 15 is 0 Å². The van der Waals surface area contributed by atoms with Crippen molar-refractivity contribution in [1.82, 2.24) is 10.2 Å². The normalized spacial score (nSPS) is 24.0. The van der Waals surface area contributed by atoms with Crippen LogP contribution in [-0.2, 0) is 4.79 Å². The molecule has 1 unspecified atom stereocenters. The molecule has 1 atom stereocenters. The van der Waals surface area contributed by atoms with Gasteiger partial charge in [0.05, 0.1) is 12.6 Å². The summed E-state index contributed by atoms with van der Waals surface area (Å²) in [4.78, 5) is 14.1. The van der Waals surface area contributed by atoms with Crippen LogP contribution in [0.25, 0.3) is 0 Å². The first-order chi connectivity index (χ1) is 8.20. The smallest absolute Gasteiger partial charge is 0.223 e. The zero-order chi connectivity index (χ0) is 12.3. The second-order valence-corrected chi connectivity index (χ2v) is 5.34. The van der Waals surface area contributed by atoms with Gasteiger partial charge in [0.25, 0.3) is 0 Å². The maximum absolute atomic E-state index is 11.9. The maximum Gasteiger partial charge on any atom is 0.223 e. The van der Waals surface area contributed by atoms with Gasteiger partial charge in [0, 0.05) is 25.0 Å². The highest BCUT2D eigenvalue weighted by Crippen LogP contribution is 2.36. The van der Waals surface area contributed by atoms with Crippen LogP contribution in [0.2, 0.25) is 0 Å². The number of likely N-dealkylation sites (tertiary alicyclic amines) is 1. The number of nitriles is 1. The summed E-state index contributed by atoms with van der Waals surface area (Å²) in [5.41, 5.74) is 0. The highest BCUT2D eigenvalue weighted by Gasteiger charge is 2.33. The number of amides is 1.